The highest BCUT2D eigenvalue weighted by atomic mass is 16.7. The molecule has 5 nitrogen and oxygen atoms in total. The fourth-order valence-corrected chi connectivity index (χ4v) is 1.54. The SMILES string of the molecule is Nc1ccnc(Oc2ccc3c(c2)OCO3)c1. The Morgan fingerprint density at radius 1 is 1.12 bits per heavy atom. The molecule has 2 N–H and O–H groups in total. The molecule has 0 radical (unpaired) electrons. The molecule has 0 atom stereocenters. The highest BCUT2D eigenvalue weighted by molar-refractivity contribution is 5.48. The van der Waals surface area contributed by atoms with Crippen LogP contribution in [0.25, 0.3) is 0 Å². The van der Waals surface area contributed by atoms with E-state index < -0.39 is 0 Å². The monoisotopic (exact) mass is 230 g/mol. The molecule has 1 aromatic carbocycles. The third kappa shape index (κ3) is 1.94. The molecule has 0 spiro atoms. The van der Waals surface area contributed by atoms with Crippen molar-refractivity contribution < 1.29 is 14.2 Å². The van der Waals surface area contributed by atoms with E-state index in [1.54, 1.807) is 36.5 Å². The minimum Gasteiger partial charge on any atom is -0.454 e. The lowest BCUT2D eigenvalue weighted by molar-refractivity contribution is 0.174. The van der Waals surface area contributed by atoms with Crippen LogP contribution in [0.4, 0.5) is 5.69 Å². The van der Waals surface area contributed by atoms with Crippen molar-refractivity contribution in [1.82, 2.24) is 4.98 Å². The summed E-state index contributed by atoms with van der Waals surface area (Å²) in [5.74, 6) is 2.47. The van der Waals surface area contributed by atoms with E-state index in [2.05, 4.69) is 4.98 Å². The normalized spacial score (nSPS) is 12.5. The lowest BCUT2D eigenvalue weighted by Crippen LogP contribution is -1.93. The van der Waals surface area contributed by atoms with Crippen molar-refractivity contribution in [3.05, 3.63) is 36.5 Å². The predicted molar refractivity (Wildman–Crippen MR) is 61.3 cm³/mol. The maximum absolute atomic E-state index is 5.64. The van der Waals surface area contributed by atoms with Gasteiger partial charge in [-0.05, 0) is 18.2 Å². The largest absolute Gasteiger partial charge is 0.454 e. The second kappa shape index (κ2) is 3.86. The van der Waals surface area contributed by atoms with E-state index in [9.17, 15) is 0 Å². The second-order valence-corrected chi connectivity index (χ2v) is 3.54. The van der Waals surface area contributed by atoms with Crippen molar-refractivity contribution in [2.45, 2.75) is 0 Å². The van der Waals surface area contributed by atoms with Crippen LogP contribution in [0.3, 0.4) is 0 Å². The minimum absolute atomic E-state index is 0.245. The molecule has 2 aromatic rings. The number of pyridine rings is 1. The predicted octanol–water partition coefficient (Wildman–Crippen LogP) is 2.18. The maximum atomic E-state index is 5.64. The van der Waals surface area contributed by atoms with E-state index in [0.717, 1.165) is 5.75 Å². The topological polar surface area (TPSA) is 66.6 Å². The Labute approximate surface area is 97.7 Å². The Morgan fingerprint density at radius 3 is 2.88 bits per heavy atom. The number of benzene rings is 1. The quantitative estimate of drug-likeness (QED) is 0.856. The molecule has 1 aromatic heterocycles. The summed E-state index contributed by atoms with van der Waals surface area (Å²) in [6, 6.07) is 8.70. The van der Waals surface area contributed by atoms with Gasteiger partial charge >= 0.3 is 0 Å². The summed E-state index contributed by atoms with van der Waals surface area (Å²) in [6.07, 6.45) is 1.59. The first kappa shape index (κ1) is 9.77. The first-order valence-corrected chi connectivity index (χ1v) is 5.10. The summed E-state index contributed by atoms with van der Waals surface area (Å²) in [5, 5.41) is 0. The van der Waals surface area contributed by atoms with E-state index in [1.165, 1.54) is 0 Å². The van der Waals surface area contributed by atoms with E-state index in [0.29, 0.717) is 23.1 Å². The van der Waals surface area contributed by atoms with Crippen LogP contribution >= 0.6 is 0 Å². The smallest absolute Gasteiger partial charge is 0.231 e. The van der Waals surface area contributed by atoms with E-state index in [4.69, 9.17) is 19.9 Å². The third-order valence-corrected chi connectivity index (χ3v) is 2.33. The molecule has 0 saturated heterocycles. The van der Waals surface area contributed by atoms with Crippen molar-refractivity contribution >= 4 is 5.69 Å². The van der Waals surface area contributed by atoms with Crippen LogP contribution in [-0.2, 0) is 0 Å². The van der Waals surface area contributed by atoms with Crippen LogP contribution in [0.1, 0.15) is 0 Å². The van der Waals surface area contributed by atoms with Crippen molar-refractivity contribution in [2.24, 2.45) is 0 Å². The van der Waals surface area contributed by atoms with Crippen LogP contribution in [0.5, 0.6) is 23.1 Å². The van der Waals surface area contributed by atoms with Gasteiger partial charge in [0.2, 0.25) is 12.7 Å². The van der Waals surface area contributed by atoms with Gasteiger partial charge in [-0.2, -0.15) is 0 Å². The van der Waals surface area contributed by atoms with Crippen LogP contribution in [0.15, 0.2) is 36.5 Å². The first-order chi connectivity index (χ1) is 8.31. The molecule has 0 amide bonds. The molecule has 0 saturated carbocycles. The number of hydrogen-bond donors (Lipinski definition) is 1. The van der Waals surface area contributed by atoms with Crippen LogP contribution in [0.2, 0.25) is 0 Å². The fraction of sp³-hybridized carbons (Fsp3) is 0.0833. The van der Waals surface area contributed by atoms with Gasteiger partial charge < -0.3 is 19.9 Å². The Kier molecular flexibility index (Phi) is 2.22. The zero-order valence-electron chi connectivity index (χ0n) is 8.92. The van der Waals surface area contributed by atoms with Gasteiger partial charge in [0.15, 0.2) is 11.5 Å². The molecule has 0 fully saturated rings. The fourth-order valence-electron chi connectivity index (χ4n) is 1.54. The Balaban J connectivity index is 1.86. The highest BCUT2D eigenvalue weighted by Crippen LogP contribution is 2.36. The molecular formula is C12H10N2O3. The Hall–Kier alpha value is -2.43. The summed E-state index contributed by atoms with van der Waals surface area (Å²) in [5.41, 5.74) is 6.24. The summed E-state index contributed by atoms with van der Waals surface area (Å²) in [4.78, 5) is 4.05. The summed E-state index contributed by atoms with van der Waals surface area (Å²) in [7, 11) is 0. The van der Waals surface area contributed by atoms with E-state index in [1.807, 2.05) is 0 Å². The van der Waals surface area contributed by atoms with Gasteiger partial charge in [0, 0.05) is 24.0 Å². The number of aromatic nitrogens is 1. The number of fused-ring (bicyclic) bond motifs is 1. The minimum atomic E-state index is 0.245. The lowest BCUT2D eigenvalue weighted by Gasteiger charge is -2.05. The molecule has 17 heavy (non-hydrogen) atoms. The number of hydrogen-bond acceptors (Lipinski definition) is 5. The van der Waals surface area contributed by atoms with Gasteiger partial charge in [-0.25, -0.2) is 4.98 Å². The van der Waals surface area contributed by atoms with E-state index in [-0.39, 0.29) is 6.79 Å². The molecule has 1 aliphatic rings. The van der Waals surface area contributed by atoms with Gasteiger partial charge in [0.25, 0.3) is 0 Å². The zero-order valence-corrected chi connectivity index (χ0v) is 8.92. The molecule has 3 rings (SSSR count). The van der Waals surface area contributed by atoms with Gasteiger partial charge in [-0.15, -0.1) is 0 Å². The van der Waals surface area contributed by atoms with Crippen molar-refractivity contribution in [3.63, 3.8) is 0 Å². The van der Waals surface area contributed by atoms with Crippen molar-refractivity contribution in [2.75, 3.05) is 12.5 Å². The molecule has 0 unspecified atom stereocenters. The maximum Gasteiger partial charge on any atom is 0.231 e. The number of nitrogens with zero attached hydrogens (tertiary/aromatic N) is 1. The second-order valence-electron chi connectivity index (χ2n) is 3.54. The van der Waals surface area contributed by atoms with Crippen LogP contribution in [-0.4, -0.2) is 11.8 Å². The molecule has 2 heterocycles. The first-order valence-electron chi connectivity index (χ1n) is 5.10. The summed E-state index contributed by atoms with van der Waals surface area (Å²) >= 11 is 0. The van der Waals surface area contributed by atoms with Gasteiger partial charge in [0.1, 0.15) is 5.75 Å². The van der Waals surface area contributed by atoms with Gasteiger partial charge in [-0.3, -0.25) is 0 Å². The summed E-state index contributed by atoms with van der Waals surface area (Å²) in [6.45, 7) is 0.245. The zero-order chi connectivity index (χ0) is 11.7. The molecular weight excluding hydrogens is 220 g/mol. The van der Waals surface area contributed by atoms with E-state index >= 15 is 0 Å². The van der Waals surface area contributed by atoms with Crippen LogP contribution in [0, 0.1) is 0 Å². The summed E-state index contributed by atoms with van der Waals surface area (Å²) < 4.78 is 16.0. The average Bonchev–Trinajstić information content (AvgIpc) is 2.76. The van der Waals surface area contributed by atoms with Gasteiger partial charge in [-0.1, -0.05) is 0 Å². The van der Waals surface area contributed by atoms with Crippen molar-refractivity contribution in [1.29, 1.82) is 0 Å². The molecule has 5 heteroatoms. The number of rotatable bonds is 2. The Morgan fingerprint density at radius 2 is 2.00 bits per heavy atom. The average molecular weight is 230 g/mol. The molecule has 0 bridgehead atoms. The lowest BCUT2D eigenvalue weighted by atomic mass is 10.3. The van der Waals surface area contributed by atoms with Crippen LogP contribution < -0.4 is 19.9 Å². The Bertz CT molecular complexity index is 557. The number of nitrogen functional groups attached to an aromatic ring is 1. The number of anilines is 1. The molecule has 0 aliphatic carbocycles. The standard InChI is InChI=1S/C12H10N2O3/c13-8-3-4-14-12(5-8)17-9-1-2-10-11(6-9)16-7-15-10/h1-6H,7H2,(H2,13,14). The van der Waals surface area contributed by atoms with Crippen molar-refractivity contribution in [3.8, 4) is 23.1 Å². The number of ether oxygens (including phenoxy) is 3. The van der Waals surface area contributed by atoms with Gasteiger partial charge in [0.05, 0.1) is 0 Å². The molecule has 86 valence electrons. The molecule has 1 aliphatic heterocycles. The third-order valence-electron chi connectivity index (χ3n) is 2.33. The number of nitrogens with two attached hydrogens (primary N) is 1. The highest BCUT2D eigenvalue weighted by Gasteiger charge is 2.14.